The van der Waals surface area contributed by atoms with Crippen molar-refractivity contribution in [2.75, 3.05) is 26.3 Å². The van der Waals surface area contributed by atoms with Gasteiger partial charge in [-0.2, -0.15) is 0 Å². The molecule has 2 aliphatic rings. The Bertz CT molecular complexity index is 602. The number of nitrogens with zero attached hydrogens (tertiary/aromatic N) is 1. The summed E-state index contributed by atoms with van der Waals surface area (Å²) in [6.45, 7) is 4.03. The van der Waals surface area contributed by atoms with Gasteiger partial charge in [0.2, 0.25) is 0 Å². The summed E-state index contributed by atoms with van der Waals surface area (Å²) >= 11 is 0. The predicted molar refractivity (Wildman–Crippen MR) is 84.0 cm³/mol. The van der Waals surface area contributed by atoms with Crippen LogP contribution in [-0.4, -0.2) is 43.2 Å². The Labute approximate surface area is 135 Å². The topological polar surface area (TPSA) is 67.9 Å². The molecule has 1 saturated heterocycles. The smallest absolute Gasteiger partial charge is 0.310 e. The van der Waals surface area contributed by atoms with Crippen molar-refractivity contribution in [1.82, 2.24) is 10.4 Å². The van der Waals surface area contributed by atoms with Gasteiger partial charge in [0.1, 0.15) is 5.75 Å². The Hall–Kier alpha value is -2.08. The lowest BCUT2D eigenvalue weighted by Gasteiger charge is -2.31. The van der Waals surface area contributed by atoms with Crippen LogP contribution in [0, 0.1) is 5.92 Å². The maximum absolute atomic E-state index is 12.5. The molecule has 0 aromatic heterocycles. The van der Waals surface area contributed by atoms with Crippen molar-refractivity contribution < 1.29 is 19.1 Å². The van der Waals surface area contributed by atoms with Crippen LogP contribution in [0.3, 0.4) is 0 Å². The molecule has 1 atom stereocenters. The molecule has 23 heavy (non-hydrogen) atoms. The first-order chi connectivity index (χ1) is 11.2. The number of esters is 1. The van der Waals surface area contributed by atoms with E-state index in [1.165, 1.54) is 0 Å². The van der Waals surface area contributed by atoms with E-state index in [1.54, 1.807) is 13.0 Å². The van der Waals surface area contributed by atoms with Crippen molar-refractivity contribution in [1.29, 1.82) is 0 Å². The third-order valence-corrected chi connectivity index (χ3v) is 4.26. The van der Waals surface area contributed by atoms with E-state index in [0.717, 1.165) is 31.4 Å². The standard InChI is InChI=1S/C17H22N2O4/c1-2-22-17(21)13-6-4-9-19(11-13)18-16(20)14-7-3-5-12-8-10-23-15(12)14/h3,5,7,13H,2,4,6,8-11H2,1H3,(H,18,20). The largest absolute Gasteiger partial charge is 0.492 e. The van der Waals surface area contributed by atoms with E-state index in [1.807, 2.05) is 17.1 Å². The third-order valence-electron chi connectivity index (χ3n) is 4.26. The lowest BCUT2D eigenvalue weighted by molar-refractivity contribution is -0.150. The zero-order valence-electron chi connectivity index (χ0n) is 13.3. The number of rotatable bonds is 4. The highest BCUT2D eigenvalue weighted by Gasteiger charge is 2.29. The molecule has 0 saturated carbocycles. The number of hydrogen-bond acceptors (Lipinski definition) is 5. The second kappa shape index (κ2) is 7.00. The molecule has 3 rings (SSSR count). The highest BCUT2D eigenvalue weighted by molar-refractivity contribution is 5.97. The van der Waals surface area contributed by atoms with Crippen molar-refractivity contribution in [2.24, 2.45) is 5.92 Å². The maximum Gasteiger partial charge on any atom is 0.310 e. The van der Waals surface area contributed by atoms with Crippen LogP contribution in [0.15, 0.2) is 18.2 Å². The first kappa shape index (κ1) is 15.8. The van der Waals surface area contributed by atoms with Gasteiger partial charge in [0.25, 0.3) is 5.91 Å². The highest BCUT2D eigenvalue weighted by Crippen LogP contribution is 2.29. The van der Waals surface area contributed by atoms with Gasteiger partial charge in [-0.1, -0.05) is 12.1 Å². The number of benzene rings is 1. The Morgan fingerprint density at radius 2 is 2.30 bits per heavy atom. The normalized spacial score (nSPS) is 20.5. The summed E-state index contributed by atoms with van der Waals surface area (Å²) in [5.41, 5.74) is 4.52. The van der Waals surface area contributed by atoms with E-state index >= 15 is 0 Å². The number of piperidine rings is 1. The van der Waals surface area contributed by atoms with E-state index in [4.69, 9.17) is 9.47 Å². The van der Waals surface area contributed by atoms with Gasteiger partial charge in [-0.25, -0.2) is 5.01 Å². The van der Waals surface area contributed by atoms with Gasteiger partial charge in [0, 0.05) is 19.5 Å². The van der Waals surface area contributed by atoms with Crippen molar-refractivity contribution in [3.63, 3.8) is 0 Å². The minimum Gasteiger partial charge on any atom is -0.492 e. The molecule has 0 aliphatic carbocycles. The molecule has 1 N–H and O–H groups in total. The number of carbonyl (C=O) groups excluding carboxylic acids is 2. The van der Waals surface area contributed by atoms with Crippen molar-refractivity contribution in [2.45, 2.75) is 26.2 Å². The van der Waals surface area contributed by atoms with Gasteiger partial charge in [-0.3, -0.25) is 15.0 Å². The third kappa shape index (κ3) is 3.47. The minimum absolute atomic E-state index is 0.179. The molecule has 1 fully saturated rings. The first-order valence-electron chi connectivity index (χ1n) is 8.16. The van der Waals surface area contributed by atoms with Crippen LogP contribution in [0.5, 0.6) is 5.75 Å². The summed E-state index contributed by atoms with van der Waals surface area (Å²) < 4.78 is 10.7. The van der Waals surface area contributed by atoms with Crippen molar-refractivity contribution in [3.8, 4) is 5.75 Å². The van der Waals surface area contributed by atoms with E-state index in [0.29, 0.717) is 31.1 Å². The molecule has 0 spiro atoms. The van der Waals surface area contributed by atoms with Gasteiger partial charge < -0.3 is 9.47 Å². The van der Waals surface area contributed by atoms with Crippen LogP contribution in [0.4, 0.5) is 0 Å². The first-order valence-corrected chi connectivity index (χ1v) is 8.16. The Balaban J connectivity index is 1.64. The summed E-state index contributed by atoms with van der Waals surface area (Å²) in [4.78, 5) is 24.4. The second-order valence-electron chi connectivity index (χ2n) is 5.87. The quantitative estimate of drug-likeness (QED) is 0.853. The molecule has 0 bridgehead atoms. The van der Waals surface area contributed by atoms with Crippen molar-refractivity contribution in [3.05, 3.63) is 29.3 Å². The van der Waals surface area contributed by atoms with Gasteiger partial charge in [0.15, 0.2) is 0 Å². The van der Waals surface area contributed by atoms with E-state index in [2.05, 4.69) is 5.43 Å². The Morgan fingerprint density at radius 3 is 3.13 bits per heavy atom. The SMILES string of the molecule is CCOC(=O)C1CCCN(NC(=O)c2cccc3c2OCC3)C1. The fourth-order valence-corrected chi connectivity index (χ4v) is 3.13. The van der Waals surface area contributed by atoms with E-state index < -0.39 is 0 Å². The average molecular weight is 318 g/mol. The van der Waals surface area contributed by atoms with Crippen molar-refractivity contribution >= 4 is 11.9 Å². The molecule has 2 heterocycles. The number of amides is 1. The summed E-state index contributed by atoms with van der Waals surface area (Å²) in [6.07, 6.45) is 2.49. The minimum atomic E-state index is -0.187. The molecule has 124 valence electrons. The van der Waals surface area contributed by atoms with Crippen LogP contribution in [0.2, 0.25) is 0 Å². The van der Waals surface area contributed by atoms with E-state index in [-0.39, 0.29) is 17.8 Å². The predicted octanol–water partition coefficient (Wildman–Crippen LogP) is 1.54. The highest BCUT2D eigenvalue weighted by atomic mass is 16.5. The molecular formula is C17H22N2O4. The van der Waals surface area contributed by atoms with Gasteiger partial charge in [-0.15, -0.1) is 0 Å². The maximum atomic E-state index is 12.5. The number of hydrazine groups is 1. The van der Waals surface area contributed by atoms with Crippen LogP contribution in [0.1, 0.15) is 35.7 Å². The Kier molecular flexibility index (Phi) is 4.81. The van der Waals surface area contributed by atoms with Gasteiger partial charge in [-0.05, 0) is 31.4 Å². The molecular weight excluding hydrogens is 296 g/mol. The second-order valence-corrected chi connectivity index (χ2v) is 5.87. The summed E-state index contributed by atoms with van der Waals surface area (Å²) in [7, 11) is 0. The molecule has 1 amide bonds. The summed E-state index contributed by atoms with van der Waals surface area (Å²) in [5.74, 6) is 0.134. The monoisotopic (exact) mass is 318 g/mol. The average Bonchev–Trinajstić information content (AvgIpc) is 3.03. The van der Waals surface area contributed by atoms with Crippen LogP contribution < -0.4 is 10.2 Å². The number of ether oxygens (including phenoxy) is 2. The molecule has 6 nitrogen and oxygen atoms in total. The van der Waals surface area contributed by atoms with E-state index in [9.17, 15) is 9.59 Å². The Morgan fingerprint density at radius 1 is 1.43 bits per heavy atom. The fourth-order valence-electron chi connectivity index (χ4n) is 3.13. The number of nitrogens with one attached hydrogen (secondary N) is 1. The zero-order chi connectivity index (χ0) is 16.2. The number of carbonyl (C=O) groups is 2. The number of para-hydroxylation sites is 1. The number of hydrogen-bond donors (Lipinski definition) is 1. The zero-order valence-corrected chi connectivity index (χ0v) is 13.3. The van der Waals surface area contributed by atoms with Crippen LogP contribution in [0.25, 0.3) is 0 Å². The van der Waals surface area contributed by atoms with Gasteiger partial charge >= 0.3 is 5.97 Å². The number of fused-ring (bicyclic) bond motifs is 1. The fraction of sp³-hybridized carbons (Fsp3) is 0.529. The summed E-state index contributed by atoms with van der Waals surface area (Å²) in [5, 5.41) is 1.81. The molecule has 6 heteroatoms. The molecule has 2 aliphatic heterocycles. The lowest BCUT2D eigenvalue weighted by atomic mass is 9.99. The molecule has 1 aromatic rings. The lowest BCUT2D eigenvalue weighted by Crippen LogP contribution is -2.49. The summed E-state index contributed by atoms with van der Waals surface area (Å²) in [6, 6.07) is 5.63. The molecule has 0 radical (unpaired) electrons. The van der Waals surface area contributed by atoms with Crippen LogP contribution in [-0.2, 0) is 16.0 Å². The van der Waals surface area contributed by atoms with Gasteiger partial charge in [0.05, 0.1) is 24.7 Å². The molecule has 1 unspecified atom stereocenters. The molecule has 1 aromatic carbocycles. The van der Waals surface area contributed by atoms with Crippen LogP contribution >= 0.6 is 0 Å².